The van der Waals surface area contributed by atoms with Gasteiger partial charge in [0, 0.05) is 18.0 Å². The minimum atomic E-state index is -3.52. The predicted octanol–water partition coefficient (Wildman–Crippen LogP) is 1.66. The second kappa shape index (κ2) is 5.65. The van der Waals surface area contributed by atoms with E-state index in [1.165, 1.54) is 18.5 Å². The van der Waals surface area contributed by atoms with Crippen LogP contribution in [0.2, 0.25) is 0 Å². The van der Waals surface area contributed by atoms with Gasteiger partial charge in [0.25, 0.3) is 0 Å². The number of aromatic nitrogens is 3. The van der Waals surface area contributed by atoms with E-state index in [1.54, 1.807) is 13.8 Å². The molecule has 0 saturated heterocycles. The second-order valence-corrected chi connectivity index (χ2v) is 6.61. The van der Waals surface area contributed by atoms with Gasteiger partial charge in [0.05, 0.1) is 11.4 Å². The fraction of sp³-hybridized carbons (Fsp3) is 0.308. The maximum absolute atomic E-state index is 12.0. The molecule has 0 spiro atoms. The maximum atomic E-state index is 12.0. The van der Waals surface area contributed by atoms with E-state index in [0.717, 1.165) is 0 Å². The van der Waals surface area contributed by atoms with Gasteiger partial charge in [-0.1, -0.05) is 6.92 Å². The molecular formula is C13H15N3O4S. The number of nitrogens with zero attached hydrogens (tertiary/aromatic N) is 2. The summed E-state index contributed by atoms with van der Waals surface area (Å²) < 4.78 is 24.0. The van der Waals surface area contributed by atoms with Crippen molar-refractivity contribution in [2.45, 2.75) is 25.4 Å². The summed E-state index contributed by atoms with van der Waals surface area (Å²) in [7, 11) is -3.52. The maximum Gasteiger partial charge on any atom is 0.352 e. The third-order valence-corrected chi connectivity index (χ3v) is 4.59. The van der Waals surface area contributed by atoms with E-state index in [2.05, 4.69) is 15.0 Å². The number of aromatic amines is 1. The first-order valence-electron chi connectivity index (χ1n) is 6.33. The number of sulfone groups is 1. The molecule has 2 rings (SSSR count). The molecule has 0 bridgehead atoms. The Morgan fingerprint density at radius 2 is 2.14 bits per heavy atom. The fourth-order valence-corrected chi connectivity index (χ4v) is 3.05. The normalized spacial score (nSPS) is 11.5. The fourth-order valence-electron chi connectivity index (χ4n) is 1.88. The largest absolute Gasteiger partial charge is 0.477 e. The number of rotatable bonds is 5. The zero-order chi connectivity index (χ0) is 15.6. The lowest BCUT2D eigenvalue weighted by atomic mass is 10.1. The van der Waals surface area contributed by atoms with Crippen molar-refractivity contribution in [3.8, 4) is 11.3 Å². The first kappa shape index (κ1) is 15.2. The second-order valence-electron chi connectivity index (χ2n) is 4.61. The first-order valence-corrected chi connectivity index (χ1v) is 7.99. The SMILES string of the molecule is CCCS(=O)(=O)c1ncc(C)c(-c2c[nH]c(C(=O)O)c2)n1. The quantitative estimate of drug-likeness (QED) is 0.812. The van der Waals surface area contributed by atoms with Crippen molar-refractivity contribution in [1.82, 2.24) is 15.0 Å². The van der Waals surface area contributed by atoms with E-state index in [9.17, 15) is 13.2 Å². The van der Waals surface area contributed by atoms with Gasteiger partial charge in [0.2, 0.25) is 15.0 Å². The van der Waals surface area contributed by atoms with Crippen LogP contribution in [0.3, 0.4) is 0 Å². The molecule has 0 aliphatic heterocycles. The van der Waals surface area contributed by atoms with Gasteiger partial charge >= 0.3 is 5.97 Å². The number of hydrogen-bond donors (Lipinski definition) is 2. The molecule has 2 N–H and O–H groups in total. The highest BCUT2D eigenvalue weighted by molar-refractivity contribution is 7.91. The van der Waals surface area contributed by atoms with Gasteiger partial charge in [-0.25, -0.2) is 23.2 Å². The van der Waals surface area contributed by atoms with Gasteiger partial charge < -0.3 is 10.1 Å². The number of hydrogen-bond acceptors (Lipinski definition) is 5. The number of nitrogens with one attached hydrogen (secondary N) is 1. The molecule has 0 atom stereocenters. The standard InChI is InChI=1S/C13H15N3O4S/c1-3-4-21(19,20)13-15-6-8(2)11(16-13)9-5-10(12(17)18)14-7-9/h5-7,14H,3-4H2,1-2H3,(H,17,18). The number of carboxylic acids is 1. The summed E-state index contributed by atoms with van der Waals surface area (Å²) >= 11 is 0. The molecule has 2 heterocycles. The Balaban J connectivity index is 2.51. The van der Waals surface area contributed by atoms with Crippen molar-refractivity contribution in [2.75, 3.05) is 5.75 Å². The molecular weight excluding hydrogens is 294 g/mol. The number of carbonyl (C=O) groups is 1. The molecule has 112 valence electrons. The molecule has 0 amide bonds. The third kappa shape index (κ3) is 3.10. The summed E-state index contributed by atoms with van der Waals surface area (Å²) in [6.07, 6.45) is 3.38. The van der Waals surface area contributed by atoms with Crippen LogP contribution in [0.25, 0.3) is 11.3 Å². The third-order valence-electron chi connectivity index (χ3n) is 2.89. The summed E-state index contributed by atoms with van der Waals surface area (Å²) in [5, 5.41) is 8.67. The minimum absolute atomic E-state index is 0.0148. The topological polar surface area (TPSA) is 113 Å². The van der Waals surface area contributed by atoms with Crippen LogP contribution in [-0.4, -0.2) is 40.2 Å². The Kier molecular flexibility index (Phi) is 4.08. The smallest absolute Gasteiger partial charge is 0.352 e. The molecule has 2 aromatic rings. The van der Waals surface area contributed by atoms with Crippen LogP contribution >= 0.6 is 0 Å². The minimum Gasteiger partial charge on any atom is -0.477 e. The predicted molar refractivity (Wildman–Crippen MR) is 75.9 cm³/mol. The van der Waals surface area contributed by atoms with E-state index in [-0.39, 0.29) is 16.6 Å². The summed E-state index contributed by atoms with van der Waals surface area (Å²) in [5.74, 6) is -1.12. The zero-order valence-electron chi connectivity index (χ0n) is 11.6. The van der Waals surface area contributed by atoms with Crippen molar-refractivity contribution in [1.29, 1.82) is 0 Å². The Bertz CT molecular complexity index is 780. The number of aromatic carboxylic acids is 1. The number of H-pyrrole nitrogens is 1. The average molecular weight is 309 g/mol. The van der Waals surface area contributed by atoms with Crippen LogP contribution in [0.4, 0.5) is 0 Å². The van der Waals surface area contributed by atoms with E-state index >= 15 is 0 Å². The highest BCUT2D eigenvalue weighted by atomic mass is 32.2. The van der Waals surface area contributed by atoms with E-state index in [0.29, 0.717) is 23.2 Å². The Hall–Kier alpha value is -2.22. The van der Waals surface area contributed by atoms with E-state index < -0.39 is 15.8 Å². The molecule has 0 unspecified atom stereocenters. The number of carboxylic acid groups (broad SMARTS) is 1. The highest BCUT2D eigenvalue weighted by Crippen LogP contribution is 2.23. The van der Waals surface area contributed by atoms with E-state index in [1.807, 2.05) is 0 Å². The highest BCUT2D eigenvalue weighted by Gasteiger charge is 2.19. The molecule has 0 aliphatic rings. The van der Waals surface area contributed by atoms with Gasteiger partial charge in [0.1, 0.15) is 5.69 Å². The Morgan fingerprint density at radius 3 is 2.71 bits per heavy atom. The van der Waals surface area contributed by atoms with Gasteiger partial charge in [-0.15, -0.1) is 0 Å². The molecule has 0 saturated carbocycles. The molecule has 0 aliphatic carbocycles. The average Bonchev–Trinajstić information content (AvgIpc) is 2.88. The molecule has 0 aromatic carbocycles. The lowest BCUT2D eigenvalue weighted by Crippen LogP contribution is -2.11. The van der Waals surface area contributed by atoms with Crippen LogP contribution in [0.1, 0.15) is 29.4 Å². The summed E-state index contributed by atoms with van der Waals surface area (Å²) in [4.78, 5) is 21.5. The molecule has 0 radical (unpaired) electrons. The molecule has 7 nitrogen and oxygen atoms in total. The lowest BCUT2D eigenvalue weighted by Gasteiger charge is -2.06. The van der Waals surface area contributed by atoms with Crippen molar-refractivity contribution in [3.63, 3.8) is 0 Å². The lowest BCUT2D eigenvalue weighted by molar-refractivity contribution is 0.0691. The molecule has 0 fully saturated rings. The monoisotopic (exact) mass is 309 g/mol. The van der Waals surface area contributed by atoms with Gasteiger partial charge in [0.15, 0.2) is 0 Å². The Labute approximate surface area is 122 Å². The summed E-state index contributed by atoms with van der Waals surface area (Å²) in [6.45, 7) is 3.50. The van der Waals surface area contributed by atoms with Crippen LogP contribution in [-0.2, 0) is 9.84 Å². The van der Waals surface area contributed by atoms with Crippen LogP contribution in [0.5, 0.6) is 0 Å². The van der Waals surface area contributed by atoms with Crippen molar-refractivity contribution in [3.05, 3.63) is 29.7 Å². The summed E-state index contributed by atoms with van der Waals surface area (Å²) in [6, 6.07) is 1.41. The number of aryl methyl sites for hydroxylation is 1. The molecule has 2 aromatic heterocycles. The van der Waals surface area contributed by atoms with Crippen LogP contribution in [0.15, 0.2) is 23.6 Å². The summed E-state index contributed by atoms with van der Waals surface area (Å²) in [5.41, 5.74) is 1.60. The van der Waals surface area contributed by atoms with Crippen molar-refractivity contribution >= 4 is 15.8 Å². The zero-order valence-corrected chi connectivity index (χ0v) is 12.4. The Morgan fingerprint density at radius 1 is 1.43 bits per heavy atom. The molecule has 8 heteroatoms. The van der Waals surface area contributed by atoms with Gasteiger partial charge in [-0.2, -0.15) is 0 Å². The van der Waals surface area contributed by atoms with Crippen LogP contribution in [0, 0.1) is 6.92 Å². The van der Waals surface area contributed by atoms with E-state index in [4.69, 9.17) is 5.11 Å². The van der Waals surface area contributed by atoms with Gasteiger partial charge in [-0.05, 0) is 25.0 Å². The first-order chi connectivity index (χ1) is 9.85. The van der Waals surface area contributed by atoms with Crippen molar-refractivity contribution in [2.24, 2.45) is 0 Å². The molecule has 21 heavy (non-hydrogen) atoms. The van der Waals surface area contributed by atoms with Gasteiger partial charge in [-0.3, -0.25) is 0 Å². The van der Waals surface area contributed by atoms with Crippen molar-refractivity contribution < 1.29 is 18.3 Å². The van der Waals surface area contributed by atoms with Crippen LogP contribution < -0.4 is 0 Å².